The third kappa shape index (κ3) is 4.23. The van der Waals surface area contributed by atoms with Crippen molar-refractivity contribution in [1.29, 1.82) is 0 Å². The quantitative estimate of drug-likeness (QED) is 0.756. The number of carboxylic acid groups (broad SMARTS) is 1. The van der Waals surface area contributed by atoms with E-state index in [1.165, 1.54) is 6.20 Å². The van der Waals surface area contributed by atoms with Gasteiger partial charge in [-0.1, -0.05) is 35.3 Å². The summed E-state index contributed by atoms with van der Waals surface area (Å²) >= 11 is 3.41. The molecule has 0 radical (unpaired) electrons. The summed E-state index contributed by atoms with van der Waals surface area (Å²) in [6.45, 7) is 3.84. The van der Waals surface area contributed by atoms with Crippen molar-refractivity contribution in [1.82, 2.24) is 15.1 Å². The zero-order valence-electron chi connectivity index (χ0n) is 13.6. The van der Waals surface area contributed by atoms with Crippen LogP contribution in [0.25, 0.3) is 5.69 Å². The number of rotatable bonds is 7. The number of halogens is 1. The van der Waals surface area contributed by atoms with Crippen LogP contribution in [-0.2, 0) is 4.79 Å². The van der Waals surface area contributed by atoms with E-state index in [9.17, 15) is 9.59 Å². The number of carbonyl (C=O) groups excluding carboxylic acids is 1. The van der Waals surface area contributed by atoms with Gasteiger partial charge in [0, 0.05) is 11.0 Å². The van der Waals surface area contributed by atoms with Crippen molar-refractivity contribution in [2.45, 2.75) is 26.7 Å². The van der Waals surface area contributed by atoms with Crippen LogP contribution in [0, 0.1) is 12.8 Å². The molecule has 2 N–H and O–H groups in total. The molecule has 0 aliphatic heterocycles. The van der Waals surface area contributed by atoms with E-state index in [0.29, 0.717) is 17.7 Å². The molecule has 2 rings (SSSR count). The van der Waals surface area contributed by atoms with Gasteiger partial charge in [-0.2, -0.15) is 5.10 Å². The van der Waals surface area contributed by atoms with Crippen molar-refractivity contribution < 1.29 is 14.7 Å². The predicted molar refractivity (Wildman–Crippen MR) is 94.4 cm³/mol. The molecule has 0 saturated heterocycles. The number of hydrogen-bond donors (Lipinski definition) is 2. The first-order valence-corrected chi connectivity index (χ1v) is 8.55. The fraction of sp³-hybridized carbons (Fsp3) is 0.353. The Morgan fingerprint density at radius 1 is 1.42 bits per heavy atom. The molecule has 6 nitrogen and oxygen atoms in total. The Bertz CT molecular complexity index is 742. The van der Waals surface area contributed by atoms with Crippen molar-refractivity contribution in [3.8, 4) is 5.69 Å². The molecule has 24 heavy (non-hydrogen) atoms. The monoisotopic (exact) mass is 393 g/mol. The fourth-order valence-electron chi connectivity index (χ4n) is 2.47. The van der Waals surface area contributed by atoms with E-state index in [4.69, 9.17) is 5.11 Å². The highest BCUT2D eigenvalue weighted by atomic mass is 79.9. The summed E-state index contributed by atoms with van der Waals surface area (Å²) in [5, 5.41) is 16.1. The second-order valence-electron chi connectivity index (χ2n) is 5.57. The molecular formula is C17H20BrN3O3. The molecule has 0 saturated carbocycles. The molecule has 0 aliphatic carbocycles. The highest BCUT2D eigenvalue weighted by Gasteiger charge is 2.20. The van der Waals surface area contributed by atoms with Crippen LogP contribution in [0.1, 0.15) is 35.8 Å². The summed E-state index contributed by atoms with van der Waals surface area (Å²) in [7, 11) is 0. The van der Waals surface area contributed by atoms with Gasteiger partial charge in [0.25, 0.3) is 5.91 Å². The molecule has 1 unspecified atom stereocenters. The topological polar surface area (TPSA) is 84.2 Å². The van der Waals surface area contributed by atoms with Gasteiger partial charge in [0.2, 0.25) is 0 Å². The van der Waals surface area contributed by atoms with E-state index in [1.54, 1.807) is 4.68 Å². The molecule has 0 fully saturated rings. The molecule has 1 aromatic carbocycles. The molecule has 1 heterocycles. The van der Waals surface area contributed by atoms with Crippen LogP contribution >= 0.6 is 15.9 Å². The van der Waals surface area contributed by atoms with Crippen LogP contribution < -0.4 is 5.32 Å². The summed E-state index contributed by atoms with van der Waals surface area (Å²) in [6, 6.07) is 7.61. The molecule has 7 heteroatoms. The van der Waals surface area contributed by atoms with Crippen molar-refractivity contribution in [2.75, 3.05) is 6.54 Å². The second-order valence-corrected chi connectivity index (χ2v) is 6.48. The number of amides is 1. The van der Waals surface area contributed by atoms with Crippen LogP contribution in [0.3, 0.4) is 0 Å². The Labute approximate surface area is 149 Å². The Morgan fingerprint density at radius 2 is 2.17 bits per heavy atom. The van der Waals surface area contributed by atoms with Crippen LogP contribution in [0.2, 0.25) is 0 Å². The van der Waals surface area contributed by atoms with E-state index < -0.39 is 11.9 Å². The van der Waals surface area contributed by atoms with E-state index >= 15 is 0 Å². The van der Waals surface area contributed by atoms with Crippen molar-refractivity contribution >= 4 is 27.8 Å². The molecule has 1 aromatic heterocycles. The third-order valence-electron chi connectivity index (χ3n) is 3.80. The van der Waals surface area contributed by atoms with Gasteiger partial charge >= 0.3 is 5.97 Å². The summed E-state index contributed by atoms with van der Waals surface area (Å²) in [6.07, 6.45) is 2.79. The first kappa shape index (κ1) is 18.2. The minimum atomic E-state index is -0.890. The molecular weight excluding hydrogens is 374 g/mol. The lowest BCUT2D eigenvalue weighted by Gasteiger charge is -2.12. The number of hydrogen-bond acceptors (Lipinski definition) is 3. The first-order chi connectivity index (χ1) is 11.4. The average molecular weight is 394 g/mol. The van der Waals surface area contributed by atoms with Gasteiger partial charge < -0.3 is 10.4 Å². The molecule has 2 aromatic rings. The van der Waals surface area contributed by atoms with Crippen molar-refractivity contribution in [3.63, 3.8) is 0 Å². The van der Waals surface area contributed by atoms with Crippen molar-refractivity contribution in [2.24, 2.45) is 5.92 Å². The maximum absolute atomic E-state index is 12.3. The van der Waals surface area contributed by atoms with Crippen LogP contribution in [0.5, 0.6) is 0 Å². The van der Waals surface area contributed by atoms with Gasteiger partial charge in [0.15, 0.2) is 0 Å². The third-order valence-corrected chi connectivity index (χ3v) is 4.30. The van der Waals surface area contributed by atoms with E-state index in [2.05, 4.69) is 26.3 Å². The molecule has 0 aliphatic rings. The SMILES string of the molecule is CCCC(CNC(=O)c1cnn(-c2cccc(Br)c2)c1C)C(=O)O. The van der Waals surface area contributed by atoms with Gasteiger partial charge in [-0.15, -0.1) is 0 Å². The largest absolute Gasteiger partial charge is 0.481 e. The lowest BCUT2D eigenvalue weighted by Crippen LogP contribution is -2.33. The molecule has 0 bridgehead atoms. The molecule has 1 atom stereocenters. The van der Waals surface area contributed by atoms with Crippen LogP contribution in [0.15, 0.2) is 34.9 Å². The van der Waals surface area contributed by atoms with Gasteiger partial charge in [-0.05, 0) is 31.5 Å². The van der Waals surface area contributed by atoms with Crippen molar-refractivity contribution in [3.05, 3.63) is 46.2 Å². The van der Waals surface area contributed by atoms with Crippen LogP contribution in [0.4, 0.5) is 0 Å². The number of aliphatic carboxylic acids is 1. The van der Waals surface area contributed by atoms with E-state index in [-0.39, 0.29) is 12.5 Å². The Hall–Kier alpha value is -2.15. The second kappa shape index (κ2) is 8.10. The Morgan fingerprint density at radius 3 is 2.79 bits per heavy atom. The lowest BCUT2D eigenvalue weighted by molar-refractivity contribution is -0.141. The number of nitrogens with one attached hydrogen (secondary N) is 1. The molecule has 0 spiro atoms. The molecule has 128 valence electrons. The Balaban J connectivity index is 2.12. The smallest absolute Gasteiger partial charge is 0.308 e. The zero-order valence-corrected chi connectivity index (χ0v) is 15.2. The standard InChI is InChI=1S/C17H20BrN3O3/c1-3-5-12(17(23)24)9-19-16(22)15-10-20-21(11(15)2)14-7-4-6-13(18)8-14/h4,6-8,10,12H,3,5,9H2,1-2H3,(H,19,22)(H,23,24). The Kier molecular flexibility index (Phi) is 6.14. The van der Waals surface area contributed by atoms with Gasteiger partial charge in [0.05, 0.1) is 29.1 Å². The highest BCUT2D eigenvalue weighted by molar-refractivity contribution is 9.10. The van der Waals surface area contributed by atoms with Gasteiger partial charge in [-0.3, -0.25) is 9.59 Å². The minimum Gasteiger partial charge on any atom is -0.481 e. The number of aromatic nitrogens is 2. The first-order valence-electron chi connectivity index (χ1n) is 7.75. The van der Waals surface area contributed by atoms with Crippen LogP contribution in [-0.4, -0.2) is 33.3 Å². The van der Waals surface area contributed by atoms with E-state index in [0.717, 1.165) is 16.6 Å². The highest BCUT2D eigenvalue weighted by Crippen LogP contribution is 2.18. The molecule has 1 amide bonds. The van der Waals surface area contributed by atoms with Gasteiger partial charge in [-0.25, -0.2) is 4.68 Å². The summed E-state index contributed by atoms with van der Waals surface area (Å²) < 4.78 is 2.60. The minimum absolute atomic E-state index is 0.115. The summed E-state index contributed by atoms with van der Waals surface area (Å²) in [5.41, 5.74) is 1.99. The number of carboxylic acids is 1. The number of benzene rings is 1. The predicted octanol–water partition coefficient (Wildman–Crippen LogP) is 3.17. The lowest BCUT2D eigenvalue weighted by atomic mass is 10.0. The maximum atomic E-state index is 12.3. The normalized spacial score (nSPS) is 12.0. The van der Waals surface area contributed by atoms with E-state index in [1.807, 2.05) is 38.1 Å². The zero-order chi connectivity index (χ0) is 17.7. The van der Waals surface area contributed by atoms with Gasteiger partial charge in [0.1, 0.15) is 0 Å². The number of nitrogens with zero attached hydrogens (tertiary/aromatic N) is 2. The summed E-state index contributed by atoms with van der Waals surface area (Å²) in [4.78, 5) is 23.5. The average Bonchev–Trinajstić information content (AvgIpc) is 2.92. The fourth-order valence-corrected chi connectivity index (χ4v) is 2.86. The summed E-state index contributed by atoms with van der Waals surface area (Å²) in [5.74, 6) is -1.77. The maximum Gasteiger partial charge on any atom is 0.308 e. The number of carbonyl (C=O) groups is 2.